The van der Waals surface area contributed by atoms with E-state index < -0.39 is 0 Å². The zero-order chi connectivity index (χ0) is 25.1. The van der Waals surface area contributed by atoms with Crippen LogP contribution in [0.3, 0.4) is 0 Å². The molecule has 0 unspecified atom stereocenters. The monoisotopic (exact) mass is 499 g/mol. The van der Waals surface area contributed by atoms with E-state index in [9.17, 15) is 9.59 Å². The van der Waals surface area contributed by atoms with E-state index in [0.29, 0.717) is 49.5 Å². The second-order valence-corrected chi connectivity index (χ2v) is 10.0. The number of amides is 1. The number of benzene rings is 2. The van der Waals surface area contributed by atoms with E-state index >= 15 is 0 Å². The quantitative estimate of drug-likeness (QED) is 0.387. The maximum Gasteiger partial charge on any atom is 0.295 e. The lowest BCUT2D eigenvalue weighted by atomic mass is 9.96. The molecule has 0 saturated carbocycles. The molecule has 1 amide bonds. The molecular weight excluding hydrogens is 470 g/mol. The van der Waals surface area contributed by atoms with Crippen LogP contribution in [0, 0.1) is 12.8 Å². The summed E-state index contributed by atoms with van der Waals surface area (Å²) in [5.41, 5.74) is 4.14. The number of anilines is 2. The molecule has 4 aromatic rings. The van der Waals surface area contributed by atoms with Gasteiger partial charge in [-0.05, 0) is 61.9 Å². The molecule has 1 saturated heterocycles. The van der Waals surface area contributed by atoms with Crippen LogP contribution in [0.25, 0.3) is 11.2 Å². The Kier molecular flexibility index (Phi) is 7.04. The third-order valence-corrected chi connectivity index (χ3v) is 7.37. The molecule has 0 aliphatic carbocycles. The maximum absolute atomic E-state index is 13.6. The number of fused-ring (bicyclic) bond motifs is 1. The summed E-state index contributed by atoms with van der Waals surface area (Å²) in [6, 6.07) is 19.8. The van der Waals surface area contributed by atoms with Gasteiger partial charge in [-0.15, -0.1) is 11.8 Å². The summed E-state index contributed by atoms with van der Waals surface area (Å²) in [5, 5.41) is 3.06. The zero-order valence-electron chi connectivity index (χ0n) is 20.5. The number of thioether (sulfide) groups is 1. The Morgan fingerprint density at radius 3 is 2.61 bits per heavy atom. The fraction of sp³-hybridized carbons (Fsp3) is 0.286. The summed E-state index contributed by atoms with van der Waals surface area (Å²) >= 11 is 1.65. The van der Waals surface area contributed by atoms with Crippen LogP contribution in [-0.2, 0) is 11.3 Å². The van der Waals surface area contributed by atoms with E-state index in [1.807, 2.05) is 78.7 Å². The van der Waals surface area contributed by atoms with Crippen LogP contribution < -0.4 is 15.8 Å². The topological polar surface area (TPSA) is 80.1 Å². The molecule has 7 nitrogen and oxygen atoms in total. The van der Waals surface area contributed by atoms with E-state index in [1.165, 1.54) is 5.56 Å². The van der Waals surface area contributed by atoms with Crippen LogP contribution in [0.1, 0.15) is 24.0 Å². The summed E-state index contributed by atoms with van der Waals surface area (Å²) in [6.07, 6.45) is 5.03. The van der Waals surface area contributed by atoms with Gasteiger partial charge in [-0.2, -0.15) is 0 Å². The average molecular weight is 500 g/mol. The van der Waals surface area contributed by atoms with Gasteiger partial charge in [-0.25, -0.2) is 9.97 Å². The number of aryl methyl sites for hydroxylation is 1. The van der Waals surface area contributed by atoms with Crippen molar-refractivity contribution >= 4 is 40.3 Å². The van der Waals surface area contributed by atoms with Gasteiger partial charge in [0.25, 0.3) is 5.56 Å². The van der Waals surface area contributed by atoms with Crippen LogP contribution in [0.15, 0.2) is 76.6 Å². The van der Waals surface area contributed by atoms with E-state index in [-0.39, 0.29) is 17.4 Å². The molecule has 3 heterocycles. The van der Waals surface area contributed by atoms with E-state index in [0.717, 1.165) is 16.1 Å². The van der Waals surface area contributed by atoms with Crippen molar-refractivity contribution in [1.29, 1.82) is 0 Å². The fourth-order valence-electron chi connectivity index (χ4n) is 4.59. The number of carbonyl (C=O) groups is 1. The first-order chi connectivity index (χ1) is 17.5. The Balaban J connectivity index is 1.35. The largest absolute Gasteiger partial charge is 0.352 e. The summed E-state index contributed by atoms with van der Waals surface area (Å²) < 4.78 is 1.71. The average Bonchev–Trinajstić information content (AvgIpc) is 2.91. The first-order valence-electron chi connectivity index (χ1n) is 12.1. The Morgan fingerprint density at radius 1 is 1.08 bits per heavy atom. The highest BCUT2D eigenvalue weighted by Gasteiger charge is 2.28. The number of hydrogen-bond donors (Lipinski definition) is 1. The minimum atomic E-state index is -0.154. The highest BCUT2D eigenvalue weighted by atomic mass is 32.2. The van der Waals surface area contributed by atoms with Crippen molar-refractivity contribution in [3.63, 3.8) is 0 Å². The molecule has 2 aromatic heterocycles. The van der Waals surface area contributed by atoms with Gasteiger partial charge >= 0.3 is 0 Å². The molecule has 184 valence electrons. The smallest absolute Gasteiger partial charge is 0.295 e. The maximum atomic E-state index is 13.6. The van der Waals surface area contributed by atoms with Crippen molar-refractivity contribution in [1.82, 2.24) is 14.5 Å². The zero-order valence-corrected chi connectivity index (χ0v) is 21.3. The Morgan fingerprint density at radius 2 is 1.86 bits per heavy atom. The second-order valence-electron chi connectivity index (χ2n) is 9.14. The van der Waals surface area contributed by atoms with Crippen molar-refractivity contribution in [2.45, 2.75) is 31.2 Å². The molecule has 1 aliphatic heterocycles. The number of pyridine rings is 1. The minimum Gasteiger partial charge on any atom is -0.352 e. The summed E-state index contributed by atoms with van der Waals surface area (Å²) in [6.45, 7) is 3.67. The molecule has 0 atom stereocenters. The fourth-order valence-corrected chi connectivity index (χ4v) is 5.05. The first-order valence-corrected chi connectivity index (χ1v) is 13.4. The molecule has 2 aromatic carbocycles. The molecule has 1 fully saturated rings. The number of carbonyl (C=O) groups excluding carboxylic acids is 1. The van der Waals surface area contributed by atoms with Crippen molar-refractivity contribution in [2.75, 3.05) is 29.6 Å². The first kappa shape index (κ1) is 24.1. The molecule has 1 N–H and O–H groups in total. The van der Waals surface area contributed by atoms with Crippen LogP contribution in [0.5, 0.6) is 0 Å². The number of piperidine rings is 1. The van der Waals surface area contributed by atoms with Gasteiger partial charge in [0.2, 0.25) is 5.91 Å². The standard InChI is InChI=1S/C28H29N5O2S/c1-19-8-10-20(11-9-19)18-33-25-24(7-4-14-29-25)31-26(28(33)35)32-15-12-21(13-16-32)27(34)30-22-5-3-6-23(17-22)36-2/h3-11,14,17,21H,12-13,15-16,18H2,1-2H3,(H,30,34). The van der Waals surface area contributed by atoms with Gasteiger partial charge in [0.15, 0.2) is 11.5 Å². The van der Waals surface area contributed by atoms with Gasteiger partial charge in [0.05, 0.1) is 6.54 Å². The lowest BCUT2D eigenvalue weighted by molar-refractivity contribution is -0.120. The number of nitrogens with zero attached hydrogens (tertiary/aromatic N) is 4. The highest BCUT2D eigenvalue weighted by molar-refractivity contribution is 7.98. The molecule has 5 rings (SSSR count). The van der Waals surface area contributed by atoms with Crippen molar-refractivity contribution in [3.8, 4) is 0 Å². The molecule has 0 radical (unpaired) electrons. The van der Waals surface area contributed by atoms with Crippen LogP contribution in [-0.4, -0.2) is 39.8 Å². The SMILES string of the molecule is CSc1cccc(NC(=O)C2CCN(c3nc4cccnc4n(Cc4ccc(C)cc4)c3=O)CC2)c1. The van der Waals surface area contributed by atoms with Crippen molar-refractivity contribution in [2.24, 2.45) is 5.92 Å². The van der Waals surface area contributed by atoms with Crippen molar-refractivity contribution in [3.05, 3.63) is 88.3 Å². The van der Waals surface area contributed by atoms with E-state index in [4.69, 9.17) is 4.98 Å². The van der Waals surface area contributed by atoms with E-state index in [1.54, 1.807) is 22.5 Å². The number of hydrogen-bond acceptors (Lipinski definition) is 6. The van der Waals surface area contributed by atoms with Gasteiger partial charge < -0.3 is 10.2 Å². The third-order valence-electron chi connectivity index (χ3n) is 6.65. The molecule has 0 spiro atoms. The van der Waals surface area contributed by atoms with Crippen LogP contribution in [0.4, 0.5) is 11.5 Å². The van der Waals surface area contributed by atoms with Crippen molar-refractivity contribution < 1.29 is 4.79 Å². The van der Waals surface area contributed by atoms with Gasteiger partial charge in [-0.1, -0.05) is 35.9 Å². The molecular formula is C28H29N5O2S. The number of nitrogens with one attached hydrogen (secondary N) is 1. The highest BCUT2D eigenvalue weighted by Crippen LogP contribution is 2.24. The number of rotatable bonds is 6. The summed E-state index contributed by atoms with van der Waals surface area (Å²) in [5.74, 6) is 0.352. The Hall–Kier alpha value is -3.65. The second kappa shape index (κ2) is 10.5. The summed E-state index contributed by atoms with van der Waals surface area (Å²) in [4.78, 5) is 38.8. The van der Waals surface area contributed by atoms with Crippen LogP contribution in [0.2, 0.25) is 0 Å². The van der Waals surface area contributed by atoms with Gasteiger partial charge in [-0.3, -0.25) is 14.2 Å². The minimum absolute atomic E-state index is 0.0281. The third kappa shape index (κ3) is 5.14. The van der Waals surface area contributed by atoms with Gasteiger partial charge in [0, 0.05) is 35.8 Å². The molecule has 1 aliphatic rings. The van der Waals surface area contributed by atoms with E-state index in [2.05, 4.69) is 10.3 Å². The normalized spacial score (nSPS) is 14.2. The lowest BCUT2D eigenvalue weighted by Gasteiger charge is -2.32. The predicted octanol–water partition coefficient (Wildman–Crippen LogP) is 4.73. The molecule has 8 heteroatoms. The number of aromatic nitrogens is 3. The van der Waals surface area contributed by atoms with Gasteiger partial charge in [0.1, 0.15) is 5.52 Å². The van der Waals surface area contributed by atoms with Crippen LogP contribution >= 0.6 is 11.8 Å². The summed E-state index contributed by atoms with van der Waals surface area (Å²) in [7, 11) is 0. The Labute approximate surface area is 214 Å². The molecule has 0 bridgehead atoms. The molecule has 36 heavy (non-hydrogen) atoms. The lowest BCUT2D eigenvalue weighted by Crippen LogP contribution is -2.42. The Bertz CT molecular complexity index is 1440. The predicted molar refractivity (Wildman–Crippen MR) is 146 cm³/mol.